The molecule has 0 fully saturated rings. The van der Waals surface area contributed by atoms with Crippen molar-refractivity contribution in [1.82, 2.24) is 9.78 Å². The first-order valence-electron chi connectivity index (χ1n) is 7.07. The molecular formula is C18H17FN2. The van der Waals surface area contributed by atoms with Crippen molar-refractivity contribution < 1.29 is 4.39 Å². The van der Waals surface area contributed by atoms with E-state index in [1.807, 2.05) is 49.4 Å². The highest BCUT2D eigenvalue weighted by Gasteiger charge is 2.11. The number of nitrogens with zero attached hydrogens (tertiary/aromatic N) is 2. The Morgan fingerprint density at radius 3 is 2.38 bits per heavy atom. The van der Waals surface area contributed by atoms with Gasteiger partial charge in [-0.3, -0.25) is 0 Å². The van der Waals surface area contributed by atoms with Gasteiger partial charge in [-0.05, 0) is 37.5 Å². The quantitative estimate of drug-likeness (QED) is 0.703. The average Bonchev–Trinajstić information content (AvgIpc) is 2.88. The molecule has 0 N–H and O–H groups in total. The minimum atomic E-state index is -0.269. The zero-order chi connectivity index (χ0) is 14.7. The second-order valence-electron chi connectivity index (χ2n) is 5.19. The monoisotopic (exact) mass is 280 g/mol. The minimum Gasteiger partial charge on any atom is -0.206 e. The molecule has 0 unspecified atom stereocenters. The zero-order valence-corrected chi connectivity index (χ0v) is 12.0. The largest absolute Gasteiger partial charge is 0.219 e. The van der Waals surface area contributed by atoms with Crippen LogP contribution in [0.3, 0.4) is 0 Å². The van der Waals surface area contributed by atoms with Crippen molar-refractivity contribution >= 4 is 0 Å². The van der Waals surface area contributed by atoms with Crippen LogP contribution < -0.4 is 0 Å². The molecule has 0 aliphatic carbocycles. The molecule has 3 rings (SSSR count). The molecule has 1 aromatic heterocycles. The lowest BCUT2D eigenvalue weighted by Gasteiger charge is -2.03. The van der Waals surface area contributed by atoms with E-state index in [4.69, 9.17) is 0 Å². The molecule has 0 saturated carbocycles. The molecule has 0 spiro atoms. The third-order valence-corrected chi connectivity index (χ3v) is 3.58. The molecule has 0 radical (unpaired) electrons. The second kappa shape index (κ2) is 5.92. The minimum absolute atomic E-state index is 0.269. The van der Waals surface area contributed by atoms with Crippen molar-refractivity contribution in [2.75, 3.05) is 0 Å². The van der Waals surface area contributed by atoms with Gasteiger partial charge < -0.3 is 0 Å². The summed E-state index contributed by atoms with van der Waals surface area (Å²) in [6, 6.07) is 17.8. The first-order chi connectivity index (χ1) is 10.2. The van der Waals surface area contributed by atoms with Crippen molar-refractivity contribution in [3.05, 3.63) is 83.4 Å². The van der Waals surface area contributed by atoms with Crippen LogP contribution in [0.15, 0.2) is 60.8 Å². The third kappa shape index (κ3) is 3.02. The topological polar surface area (TPSA) is 17.8 Å². The summed E-state index contributed by atoms with van der Waals surface area (Å²) >= 11 is 0. The highest BCUT2D eigenvalue weighted by molar-refractivity contribution is 5.34. The van der Waals surface area contributed by atoms with Crippen LogP contribution in [0.25, 0.3) is 5.69 Å². The van der Waals surface area contributed by atoms with Crippen molar-refractivity contribution in [2.45, 2.75) is 19.8 Å². The maximum atomic E-state index is 14.4. The fourth-order valence-corrected chi connectivity index (χ4v) is 2.32. The van der Waals surface area contributed by atoms with Crippen LogP contribution in [0.2, 0.25) is 0 Å². The lowest BCUT2D eigenvalue weighted by atomic mass is 10.1. The van der Waals surface area contributed by atoms with Crippen molar-refractivity contribution in [3.63, 3.8) is 0 Å². The Hall–Kier alpha value is -2.42. The van der Waals surface area contributed by atoms with Crippen LogP contribution in [0.4, 0.5) is 4.39 Å². The van der Waals surface area contributed by atoms with Gasteiger partial charge in [-0.2, -0.15) is 9.49 Å². The molecule has 3 heteroatoms. The van der Waals surface area contributed by atoms with E-state index in [-0.39, 0.29) is 5.95 Å². The Bertz CT molecular complexity index is 715. The predicted molar refractivity (Wildman–Crippen MR) is 82.1 cm³/mol. The molecule has 3 aromatic rings. The number of aromatic nitrogens is 2. The molecule has 2 nitrogen and oxygen atoms in total. The molecule has 2 aromatic carbocycles. The average molecular weight is 280 g/mol. The van der Waals surface area contributed by atoms with E-state index in [0.717, 1.165) is 17.7 Å². The van der Waals surface area contributed by atoms with E-state index in [9.17, 15) is 4.39 Å². The zero-order valence-electron chi connectivity index (χ0n) is 12.0. The number of hydrogen-bond acceptors (Lipinski definition) is 1. The van der Waals surface area contributed by atoms with Crippen LogP contribution >= 0.6 is 0 Å². The normalized spacial score (nSPS) is 10.8. The number of hydrogen-bond donors (Lipinski definition) is 0. The highest BCUT2D eigenvalue weighted by Crippen LogP contribution is 2.16. The highest BCUT2D eigenvalue weighted by atomic mass is 19.1. The molecule has 0 saturated heterocycles. The third-order valence-electron chi connectivity index (χ3n) is 3.58. The van der Waals surface area contributed by atoms with Gasteiger partial charge in [0.25, 0.3) is 0 Å². The summed E-state index contributed by atoms with van der Waals surface area (Å²) in [5, 5.41) is 4.17. The summed E-state index contributed by atoms with van der Waals surface area (Å²) in [7, 11) is 0. The van der Waals surface area contributed by atoms with E-state index in [2.05, 4.69) is 17.2 Å². The summed E-state index contributed by atoms with van der Waals surface area (Å²) in [4.78, 5) is 0. The standard InChI is InChI=1S/C18H17FN2/c1-14-7-11-17(12-8-14)21-18(19)16(13-20-21)10-9-15-5-3-2-4-6-15/h2-8,11-13H,9-10H2,1H3. The fourth-order valence-electron chi connectivity index (χ4n) is 2.32. The van der Waals surface area contributed by atoms with Gasteiger partial charge in [-0.15, -0.1) is 0 Å². The molecule has 0 atom stereocenters. The Kier molecular flexibility index (Phi) is 3.82. The first-order valence-corrected chi connectivity index (χ1v) is 7.07. The molecule has 106 valence electrons. The summed E-state index contributed by atoms with van der Waals surface area (Å²) < 4.78 is 15.8. The van der Waals surface area contributed by atoms with Crippen LogP contribution in [-0.4, -0.2) is 9.78 Å². The van der Waals surface area contributed by atoms with Gasteiger partial charge in [0.05, 0.1) is 11.9 Å². The van der Waals surface area contributed by atoms with E-state index in [1.165, 1.54) is 10.2 Å². The van der Waals surface area contributed by atoms with Crippen molar-refractivity contribution in [3.8, 4) is 5.69 Å². The maximum absolute atomic E-state index is 14.4. The molecule has 21 heavy (non-hydrogen) atoms. The second-order valence-corrected chi connectivity index (χ2v) is 5.19. The van der Waals surface area contributed by atoms with E-state index in [1.54, 1.807) is 6.20 Å². The maximum Gasteiger partial charge on any atom is 0.219 e. The van der Waals surface area contributed by atoms with E-state index in [0.29, 0.717) is 12.0 Å². The van der Waals surface area contributed by atoms with Crippen LogP contribution in [0.5, 0.6) is 0 Å². The number of rotatable bonds is 4. The van der Waals surface area contributed by atoms with Gasteiger partial charge in [0, 0.05) is 5.56 Å². The molecular weight excluding hydrogens is 263 g/mol. The molecule has 0 amide bonds. The lowest BCUT2D eigenvalue weighted by Crippen LogP contribution is -2.01. The van der Waals surface area contributed by atoms with Crippen LogP contribution in [0, 0.1) is 12.9 Å². The van der Waals surface area contributed by atoms with Crippen LogP contribution in [0.1, 0.15) is 16.7 Å². The Morgan fingerprint density at radius 1 is 0.952 bits per heavy atom. The summed E-state index contributed by atoms with van der Waals surface area (Å²) in [6.07, 6.45) is 3.09. The van der Waals surface area contributed by atoms with Crippen molar-refractivity contribution in [1.29, 1.82) is 0 Å². The van der Waals surface area contributed by atoms with Gasteiger partial charge >= 0.3 is 0 Å². The number of halogens is 1. The lowest BCUT2D eigenvalue weighted by molar-refractivity contribution is 0.525. The Balaban J connectivity index is 1.78. The molecule has 1 heterocycles. The van der Waals surface area contributed by atoms with Crippen LogP contribution in [-0.2, 0) is 12.8 Å². The predicted octanol–water partition coefficient (Wildman–Crippen LogP) is 4.11. The van der Waals surface area contributed by atoms with Gasteiger partial charge in [0.1, 0.15) is 0 Å². The Morgan fingerprint density at radius 2 is 1.67 bits per heavy atom. The van der Waals surface area contributed by atoms with E-state index < -0.39 is 0 Å². The van der Waals surface area contributed by atoms with Gasteiger partial charge in [-0.1, -0.05) is 48.0 Å². The molecule has 0 aliphatic heterocycles. The summed E-state index contributed by atoms with van der Waals surface area (Å²) in [6.45, 7) is 2.01. The summed E-state index contributed by atoms with van der Waals surface area (Å²) in [5.74, 6) is -0.269. The molecule has 0 bridgehead atoms. The van der Waals surface area contributed by atoms with Gasteiger partial charge in [0.2, 0.25) is 5.95 Å². The Labute approximate surface area is 123 Å². The molecule has 0 aliphatic rings. The van der Waals surface area contributed by atoms with Crippen molar-refractivity contribution in [2.24, 2.45) is 0 Å². The van der Waals surface area contributed by atoms with Gasteiger partial charge in [0.15, 0.2) is 0 Å². The number of benzene rings is 2. The summed E-state index contributed by atoms with van der Waals surface area (Å²) in [5.41, 5.74) is 3.76. The first kappa shape index (κ1) is 13.6. The number of aryl methyl sites for hydroxylation is 3. The SMILES string of the molecule is Cc1ccc(-n2ncc(CCc3ccccc3)c2F)cc1. The fraction of sp³-hybridized carbons (Fsp3) is 0.167. The van der Waals surface area contributed by atoms with Gasteiger partial charge in [-0.25, -0.2) is 4.68 Å². The van der Waals surface area contributed by atoms with E-state index >= 15 is 0 Å². The smallest absolute Gasteiger partial charge is 0.206 e.